The van der Waals surface area contributed by atoms with E-state index in [0.29, 0.717) is 16.7 Å². The summed E-state index contributed by atoms with van der Waals surface area (Å²) in [4.78, 5) is 15.0. The van der Waals surface area contributed by atoms with E-state index in [4.69, 9.17) is 0 Å². The van der Waals surface area contributed by atoms with Gasteiger partial charge in [-0.15, -0.1) is 0 Å². The van der Waals surface area contributed by atoms with Crippen molar-refractivity contribution in [1.29, 1.82) is 0 Å². The minimum absolute atomic E-state index is 0.316. The van der Waals surface area contributed by atoms with Crippen molar-refractivity contribution >= 4 is 21.8 Å². The predicted molar refractivity (Wildman–Crippen MR) is 74.2 cm³/mol. The number of amides is 1. The maximum atomic E-state index is 12.3. The van der Waals surface area contributed by atoms with Crippen molar-refractivity contribution in [2.45, 2.75) is 50.3 Å². The Bertz CT molecular complexity index is 267. The average molecular weight is 302 g/mol. The van der Waals surface area contributed by atoms with Crippen LogP contribution in [-0.4, -0.2) is 29.2 Å². The van der Waals surface area contributed by atoms with E-state index >= 15 is 0 Å². The topological polar surface area (TPSA) is 20.3 Å². The fraction of sp³-hybridized carbons (Fsp3) is 0.929. The van der Waals surface area contributed by atoms with Gasteiger partial charge in [0.2, 0.25) is 5.91 Å². The van der Waals surface area contributed by atoms with E-state index in [0.717, 1.165) is 31.2 Å². The van der Waals surface area contributed by atoms with Gasteiger partial charge in [0.05, 0.1) is 0 Å². The summed E-state index contributed by atoms with van der Waals surface area (Å²) >= 11 is 3.61. The first-order valence-corrected chi connectivity index (χ1v) is 7.87. The lowest BCUT2D eigenvalue weighted by Gasteiger charge is -2.36. The Kier molecular flexibility index (Phi) is 4.51. The number of halogens is 1. The molecule has 0 N–H and O–H groups in total. The summed E-state index contributed by atoms with van der Waals surface area (Å²) in [6.45, 7) is 3.27. The summed E-state index contributed by atoms with van der Waals surface area (Å²) < 4.78 is 0. The van der Waals surface area contributed by atoms with E-state index in [1.54, 1.807) is 0 Å². The highest BCUT2D eigenvalue weighted by Crippen LogP contribution is 2.34. The fourth-order valence-corrected chi connectivity index (χ4v) is 4.16. The molecule has 0 aliphatic heterocycles. The molecule has 2 saturated carbocycles. The van der Waals surface area contributed by atoms with Crippen LogP contribution in [0.1, 0.15) is 45.4 Å². The van der Waals surface area contributed by atoms with Crippen molar-refractivity contribution in [3.63, 3.8) is 0 Å². The Morgan fingerprint density at radius 2 is 1.82 bits per heavy atom. The second-order valence-electron chi connectivity index (χ2n) is 6.11. The molecule has 98 valence electrons. The van der Waals surface area contributed by atoms with E-state index in [2.05, 4.69) is 22.9 Å². The SMILES string of the molecule is CC1CCC(C(=O)N(C)CC2CC(Br)C2)CC1. The van der Waals surface area contributed by atoms with Crippen molar-refractivity contribution in [2.75, 3.05) is 13.6 Å². The van der Waals surface area contributed by atoms with Crippen LogP contribution in [0.2, 0.25) is 0 Å². The highest BCUT2D eigenvalue weighted by molar-refractivity contribution is 9.09. The number of carbonyl (C=O) groups excluding carboxylic acids is 1. The summed E-state index contributed by atoms with van der Waals surface area (Å²) in [6, 6.07) is 0. The van der Waals surface area contributed by atoms with Crippen LogP contribution in [0, 0.1) is 17.8 Å². The molecule has 0 aromatic carbocycles. The van der Waals surface area contributed by atoms with Gasteiger partial charge in [0, 0.05) is 24.3 Å². The molecular formula is C14H24BrNO. The van der Waals surface area contributed by atoms with Crippen molar-refractivity contribution in [3.8, 4) is 0 Å². The zero-order valence-corrected chi connectivity index (χ0v) is 12.6. The number of rotatable bonds is 3. The van der Waals surface area contributed by atoms with Crippen LogP contribution in [-0.2, 0) is 4.79 Å². The molecule has 2 rings (SSSR count). The molecule has 2 aliphatic carbocycles. The highest BCUT2D eigenvalue weighted by Gasteiger charge is 2.31. The number of hydrogen-bond donors (Lipinski definition) is 0. The lowest BCUT2D eigenvalue weighted by atomic mass is 9.81. The Hall–Kier alpha value is -0.0500. The Balaban J connectivity index is 1.74. The molecule has 0 unspecified atom stereocenters. The molecule has 0 saturated heterocycles. The molecule has 2 fully saturated rings. The molecule has 17 heavy (non-hydrogen) atoms. The zero-order chi connectivity index (χ0) is 12.4. The summed E-state index contributed by atoms with van der Waals surface area (Å²) in [5.41, 5.74) is 0. The number of alkyl halides is 1. The van der Waals surface area contributed by atoms with Crippen molar-refractivity contribution in [2.24, 2.45) is 17.8 Å². The molecule has 0 bridgehead atoms. The maximum Gasteiger partial charge on any atom is 0.225 e. The highest BCUT2D eigenvalue weighted by atomic mass is 79.9. The van der Waals surface area contributed by atoms with E-state index in [9.17, 15) is 4.79 Å². The van der Waals surface area contributed by atoms with Gasteiger partial charge in [-0.25, -0.2) is 0 Å². The van der Waals surface area contributed by atoms with E-state index in [1.807, 2.05) is 11.9 Å². The predicted octanol–water partition coefficient (Wildman–Crippen LogP) is 3.44. The van der Waals surface area contributed by atoms with Crippen molar-refractivity contribution in [1.82, 2.24) is 4.90 Å². The van der Waals surface area contributed by atoms with Crippen LogP contribution in [0.25, 0.3) is 0 Å². The van der Waals surface area contributed by atoms with Gasteiger partial charge in [0.25, 0.3) is 0 Å². The third-order valence-electron chi connectivity index (χ3n) is 4.45. The second kappa shape index (κ2) is 5.73. The van der Waals surface area contributed by atoms with Gasteiger partial charge >= 0.3 is 0 Å². The minimum atomic E-state index is 0.316. The summed E-state index contributed by atoms with van der Waals surface area (Å²) in [6.07, 6.45) is 7.15. The lowest BCUT2D eigenvalue weighted by Crippen LogP contribution is -2.41. The third kappa shape index (κ3) is 3.46. The largest absolute Gasteiger partial charge is 0.345 e. The Morgan fingerprint density at radius 1 is 1.24 bits per heavy atom. The molecule has 0 radical (unpaired) electrons. The van der Waals surface area contributed by atoms with Gasteiger partial charge in [-0.2, -0.15) is 0 Å². The molecule has 2 nitrogen and oxygen atoms in total. The van der Waals surface area contributed by atoms with Crippen LogP contribution in [0.5, 0.6) is 0 Å². The molecule has 0 atom stereocenters. The molecule has 0 aromatic heterocycles. The first kappa shape index (κ1) is 13.4. The Labute approximate surface area is 113 Å². The maximum absolute atomic E-state index is 12.3. The van der Waals surface area contributed by atoms with Gasteiger partial charge in [-0.1, -0.05) is 22.9 Å². The monoisotopic (exact) mass is 301 g/mol. The first-order valence-electron chi connectivity index (χ1n) is 6.95. The average Bonchev–Trinajstić information content (AvgIpc) is 2.27. The molecule has 0 heterocycles. The van der Waals surface area contributed by atoms with Crippen LogP contribution < -0.4 is 0 Å². The molecule has 0 spiro atoms. The molecule has 3 heteroatoms. The quantitative estimate of drug-likeness (QED) is 0.731. The van der Waals surface area contributed by atoms with Crippen molar-refractivity contribution in [3.05, 3.63) is 0 Å². The van der Waals surface area contributed by atoms with Crippen LogP contribution >= 0.6 is 15.9 Å². The van der Waals surface area contributed by atoms with Crippen molar-refractivity contribution < 1.29 is 4.79 Å². The second-order valence-corrected chi connectivity index (χ2v) is 7.41. The number of carbonyl (C=O) groups is 1. The molecular weight excluding hydrogens is 278 g/mol. The van der Waals surface area contributed by atoms with Crippen LogP contribution in [0.3, 0.4) is 0 Å². The van der Waals surface area contributed by atoms with E-state index in [-0.39, 0.29) is 0 Å². The minimum Gasteiger partial charge on any atom is -0.345 e. The third-order valence-corrected chi connectivity index (χ3v) is 5.20. The van der Waals surface area contributed by atoms with Gasteiger partial charge in [0.15, 0.2) is 0 Å². The summed E-state index contributed by atoms with van der Waals surface area (Å²) in [5, 5.41) is 0. The smallest absolute Gasteiger partial charge is 0.225 e. The zero-order valence-electron chi connectivity index (χ0n) is 11.0. The number of hydrogen-bond acceptors (Lipinski definition) is 1. The Morgan fingerprint density at radius 3 is 2.35 bits per heavy atom. The van der Waals surface area contributed by atoms with E-state index < -0.39 is 0 Å². The van der Waals surface area contributed by atoms with Gasteiger partial charge in [-0.3, -0.25) is 4.79 Å². The van der Waals surface area contributed by atoms with Gasteiger partial charge < -0.3 is 4.90 Å². The van der Waals surface area contributed by atoms with E-state index in [1.165, 1.54) is 25.7 Å². The molecule has 0 aromatic rings. The first-order chi connectivity index (χ1) is 8.06. The summed E-state index contributed by atoms with van der Waals surface area (Å²) in [5.74, 6) is 2.27. The standard InChI is InChI=1S/C14H24BrNO/c1-10-3-5-12(6-4-10)14(17)16(2)9-11-7-13(15)8-11/h10-13H,3-9H2,1-2H3. The van der Waals surface area contributed by atoms with Gasteiger partial charge in [0.1, 0.15) is 0 Å². The normalized spacial score (nSPS) is 37.4. The summed E-state index contributed by atoms with van der Waals surface area (Å²) in [7, 11) is 1.99. The molecule has 2 aliphatic rings. The van der Waals surface area contributed by atoms with Gasteiger partial charge in [-0.05, 0) is 50.4 Å². The number of nitrogens with zero attached hydrogens (tertiary/aromatic N) is 1. The van der Waals surface area contributed by atoms with Crippen LogP contribution in [0.4, 0.5) is 0 Å². The lowest BCUT2D eigenvalue weighted by molar-refractivity contribution is -0.136. The molecule has 1 amide bonds. The van der Waals surface area contributed by atoms with Crippen LogP contribution in [0.15, 0.2) is 0 Å². The fourth-order valence-electron chi connectivity index (χ4n) is 3.10.